The summed E-state index contributed by atoms with van der Waals surface area (Å²) in [6.45, 7) is 2.88. The average Bonchev–Trinajstić information content (AvgIpc) is 2.84. The van der Waals surface area contributed by atoms with Crippen LogP contribution in [0.15, 0.2) is 36.7 Å². The van der Waals surface area contributed by atoms with Crippen molar-refractivity contribution in [3.05, 3.63) is 36.7 Å². The lowest BCUT2D eigenvalue weighted by molar-refractivity contribution is 0.415. The Balaban J connectivity index is 2.00. The lowest BCUT2D eigenvalue weighted by atomic mass is 10.2. The molecule has 5 nitrogen and oxygen atoms in total. The highest BCUT2D eigenvalue weighted by Crippen LogP contribution is 2.24. The molecular formula is C13H18N4O. The first kappa shape index (κ1) is 12.3. The predicted octanol–water partition coefficient (Wildman–Crippen LogP) is 1.97. The van der Waals surface area contributed by atoms with Crippen molar-refractivity contribution in [2.45, 2.75) is 19.5 Å². The molecule has 0 fully saturated rings. The molecule has 1 heterocycles. The standard InChI is InChI=1S/C13H18N4O/c1-10(9-17-7-3-6-15-17)16-13-5-4-11(18-2)8-12(13)14/h3-8,10,16H,9,14H2,1-2H3. The molecule has 0 bridgehead atoms. The normalized spacial score (nSPS) is 12.1. The van der Waals surface area contributed by atoms with Crippen molar-refractivity contribution < 1.29 is 4.74 Å². The lowest BCUT2D eigenvalue weighted by Gasteiger charge is -2.17. The number of anilines is 2. The van der Waals surface area contributed by atoms with E-state index in [9.17, 15) is 0 Å². The van der Waals surface area contributed by atoms with Gasteiger partial charge < -0.3 is 15.8 Å². The van der Waals surface area contributed by atoms with Crippen LogP contribution in [0.5, 0.6) is 5.75 Å². The lowest BCUT2D eigenvalue weighted by Crippen LogP contribution is -2.22. The number of nitrogen functional groups attached to an aromatic ring is 1. The van der Waals surface area contributed by atoms with Crippen molar-refractivity contribution in [2.75, 3.05) is 18.2 Å². The number of ether oxygens (including phenoxy) is 1. The monoisotopic (exact) mass is 246 g/mol. The first-order valence-electron chi connectivity index (χ1n) is 5.86. The van der Waals surface area contributed by atoms with E-state index in [2.05, 4.69) is 17.3 Å². The molecule has 0 amide bonds. The molecule has 0 aliphatic heterocycles. The van der Waals surface area contributed by atoms with Crippen LogP contribution in [0.25, 0.3) is 0 Å². The van der Waals surface area contributed by atoms with Crippen LogP contribution >= 0.6 is 0 Å². The first-order valence-corrected chi connectivity index (χ1v) is 5.86. The fourth-order valence-corrected chi connectivity index (χ4v) is 1.80. The second-order valence-electron chi connectivity index (χ2n) is 4.23. The third kappa shape index (κ3) is 2.94. The van der Waals surface area contributed by atoms with Crippen LogP contribution in [0.4, 0.5) is 11.4 Å². The molecule has 0 spiro atoms. The van der Waals surface area contributed by atoms with E-state index in [4.69, 9.17) is 10.5 Å². The molecule has 0 aliphatic rings. The smallest absolute Gasteiger partial charge is 0.121 e. The fourth-order valence-electron chi connectivity index (χ4n) is 1.80. The van der Waals surface area contributed by atoms with Crippen LogP contribution < -0.4 is 15.8 Å². The highest BCUT2D eigenvalue weighted by atomic mass is 16.5. The zero-order valence-corrected chi connectivity index (χ0v) is 10.6. The average molecular weight is 246 g/mol. The van der Waals surface area contributed by atoms with E-state index in [1.165, 1.54) is 0 Å². The van der Waals surface area contributed by atoms with E-state index >= 15 is 0 Å². The second kappa shape index (κ2) is 5.44. The molecule has 0 radical (unpaired) electrons. The maximum Gasteiger partial charge on any atom is 0.121 e. The summed E-state index contributed by atoms with van der Waals surface area (Å²) in [5, 5.41) is 7.53. The van der Waals surface area contributed by atoms with Crippen molar-refractivity contribution >= 4 is 11.4 Å². The Morgan fingerprint density at radius 2 is 2.33 bits per heavy atom. The molecular weight excluding hydrogens is 228 g/mol. The minimum absolute atomic E-state index is 0.237. The number of nitrogens with one attached hydrogen (secondary N) is 1. The summed E-state index contributed by atoms with van der Waals surface area (Å²) in [4.78, 5) is 0. The van der Waals surface area contributed by atoms with Crippen LogP contribution in [0.3, 0.4) is 0 Å². The van der Waals surface area contributed by atoms with Gasteiger partial charge in [0.2, 0.25) is 0 Å². The molecule has 1 unspecified atom stereocenters. The third-order valence-corrected chi connectivity index (χ3v) is 2.68. The van der Waals surface area contributed by atoms with Gasteiger partial charge in [-0.1, -0.05) is 0 Å². The zero-order chi connectivity index (χ0) is 13.0. The van der Waals surface area contributed by atoms with Crippen LogP contribution in [0.1, 0.15) is 6.92 Å². The molecule has 1 aromatic carbocycles. The van der Waals surface area contributed by atoms with E-state index in [0.717, 1.165) is 18.0 Å². The van der Waals surface area contributed by atoms with Gasteiger partial charge in [-0.2, -0.15) is 5.10 Å². The Morgan fingerprint density at radius 1 is 1.50 bits per heavy atom. The Bertz CT molecular complexity index is 496. The van der Waals surface area contributed by atoms with E-state index in [1.807, 2.05) is 35.1 Å². The van der Waals surface area contributed by atoms with Gasteiger partial charge in [-0.15, -0.1) is 0 Å². The Kier molecular flexibility index (Phi) is 3.72. The molecule has 2 rings (SSSR count). The summed E-state index contributed by atoms with van der Waals surface area (Å²) in [7, 11) is 1.63. The molecule has 1 atom stereocenters. The number of nitrogens with zero attached hydrogens (tertiary/aromatic N) is 2. The number of hydrogen-bond acceptors (Lipinski definition) is 4. The van der Waals surface area contributed by atoms with E-state index in [-0.39, 0.29) is 6.04 Å². The Labute approximate surface area is 107 Å². The van der Waals surface area contributed by atoms with Crippen LogP contribution in [0.2, 0.25) is 0 Å². The Hall–Kier alpha value is -2.17. The minimum atomic E-state index is 0.237. The predicted molar refractivity (Wildman–Crippen MR) is 72.7 cm³/mol. The van der Waals surface area contributed by atoms with Crippen LogP contribution in [0, 0.1) is 0 Å². The molecule has 3 N–H and O–H groups in total. The van der Waals surface area contributed by atoms with Gasteiger partial charge in [0.05, 0.1) is 25.0 Å². The second-order valence-corrected chi connectivity index (χ2v) is 4.23. The number of methoxy groups -OCH3 is 1. The topological polar surface area (TPSA) is 65.1 Å². The van der Waals surface area contributed by atoms with Crippen LogP contribution in [-0.2, 0) is 6.54 Å². The SMILES string of the molecule is COc1ccc(NC(C)Cn2cccn2)c(N)c1. The maximum absolute atomic E-state index is 5.95. The van der Waals surface area contributed by atoms with Gasteiger partial charge in [-0.25, -0.2) is 0 Å². The van der Waals surface area contributed by atoms with Gasteiger partial charge >= 0.3 is 0 Å². The van der Waals surface area contributed by atoms with E-state index < -0.39 is 0 Å². The Morgan fingerprint density at radius 3 is 2.94 bits per heavy atom. The van der Waals surface area contributed by atoms with Crippen molar-refractivity contribution in [1.29, 1.82) is 0 Å². The molecule has 0 aliphatic carbocycles. The van der Waals surface area contributed by atoms with Crippen molar-refractivity contribution in [1.82, 2.24) is 9.78 Å². The molecule has 0 saturated carbocycles. The van der Waals surface area contributed by atoms with E-state index in [1.54, 1.807) is 13.3 Å². The summed E-state index contributed by atoms with van der Waals surface area (Å²) in [5.41, 5.74) is 7.55. The zero-order valence-electron chi connectivity index (χ0n) is 10.6. The highest BCUT2D eigenvalue weighted by Gasteiger charge is 2.06. The third-order valence-electron chi connectivity index (χ3n) is 2.68. The molecule has 0 saturated heterocycles. The molecule has 2 aromatic rings. The minimum Gasteiger partial charge on any atom is -0.497 e. The number of nitrogens with two attached hydrogens (primary N) is 1. The van der Waals surface area contributed by atoms with Gasteiger partial charge in [-0.3, -0.25) is 4.68 Å². The highest BCUT2D eigenvalue weighted by molar-refractivity contribution is 5.68. The number of aromatic nitrogens is 2. The van der Waals surface area contributed by atoms with Gasteiger partial charge in [0, 0.05) is 24.5 Å². The maximum atomic E-state index is 5.95. The van der Waals surface area contributed by atoms with Crippen LogP contribution in [-0.4, -0.2) is 22.9 Å². The quantitative estimate of drug-likeness (QED) is 0.792. The van der Waals surface area contributed by atoms with Crippen molar-refractivity contribution in [3.63, 3.8) is 0 Å². The number of benzene rings is 1. The molecule has 1 aromatic heterocycles. The summed E-state index contributed by atoms with van der Waals surface area (Å²) in [5.74, 6) is 0.762. The van der Waals surface area contributed by atoms with E-state index in [0.29, 0.717) is 5.69 Å². The molecule has 5 heteroatoms. The van der Waals surface area contributed by atoms with Gasteiger partial charge in [0.15, 0.2) is 0 Å². The molecule has 96 valence electrons. The van der Waals surface area contributed by atoms with Crippen molar-refractivity contribution in [2.24, 2.45) is 0 Å². The summed E-state index contributed by atoms with van der Waals surface area (Å²) in [6, 6.07) is 7.77. The largest absolute Gasteiger partial charge is 0.497 e. The number of rotatable bonds is 5. The fraction of sp³-hybridized carbons (Fsp3) is 0.308. The first-order chi connectivity index (χ1) is 8.69. The van der Waals surface area contributed by atoms with Gasteiger partial charge in [0.1, 0.15) is 5.75 Å². The molecule has 18 heavy (non-hydrogen) atoms. The van der Waals surface area contributed by atoms with Crippen molar-refractivity contribution in [3.8, 4) is 5.75 Å². The summed E-state index contributed by atoms with van der Waals surface area (Å²) >= 11 is 0. The summed E-state index contributed by atoms with van der Waals surface area (Å²) in [6.07, 6.45) is 3.71. The van der Waals surface area contributed by atoms with Gasteiger partial charge in [-0.05, 0) is 25.1 Å². The summed E-state index contributed by atoms with van der Waals surface area (Å²) < 4.78 is 7.00. The number of hydrogen-bond donors (Lipinski definition) is 2. The van der Waals surface area contributed by atoms with Gasteiger partial charge in [0.25, 0.3) is 0 Å².